The van der Waals surface area contributed by atoms with Gasteiger partial charge in [0.15, 0.2) is 17.5 Å². The number of rotatable bonds is 6. The third kappa shape index (κ3) is 6.18. The molecule has 2 bridgehead atoms. The number of nitriles is 1. The van der Waals surface area contributed by atoms with E-state index in [1.165, 1.54) is 37.7 Å². The Morgan fingerprint density at radius 3 is 1.61 bits per heavy atom. The standard InChI is InChI=1S/C45H40N4/c1-30-23-33-24-31(2)27-45(26-30,28-33)39-20-17-37(18-21-39)43-47-42(36-11-7-4-8-12-36)48-44(49-43)38-19-22-40(35-15-13-32(29-46)14-16-35)41(25-38)34-9-5-3-6-10-34/h3-22,25,30-31,33H,23-24,26-28H2,1-2H3/t30-,31+,33-,45?. The maximum atomic E-state index is 9.36. The molecule has 2 aliphatic rings. The molecule has 0 aliphatic heterocycles. The quantitative estimate of drug-likeness (QED) is 0.182. The largest absolute Gasteiger partial charge is 0.208 e. The fourth-order valence-electron chi connectivity index (χ4n) is 8.90. The van der Waals surface area contributed by atoms with Crippen LogP contribution in [0.15, 0.2) is 127 Å². The average molecular weight is 637 g/mol. The molecule has 0 radical (unpaired) electrons. The van der Waals surface area contributed by atoms with Gasteiger partial charge in [-0.15, -0.1) is 0 Å². The van der Waals surface area contributed by atoms with Crippen LogP contribution >= 0.6 is 0 Å². The van der Waals surface area contributed by atoms with Crippen molar-refractivity contribution in [3.63, 3.8) is 0 Å². The lowest BCUT2D eigenvalue weighted by molar-refractivity contribution is 0.0780. The summed E-state index contributed by atoms with van der Waals surface area (Å²) in [6, 6.07) is 46.2. The van der Waals surface area contributed by atoms with Crippen molar-refractivity contribution in [1.82, 2.24) is 15.0 Å². The second-order valence-electron chi connectivity index (χ2n) is 14.5. The van der Waals surface area contributed by atoms with Crippen LogP contribution in [0.2, 0.25) is 0 Å². The molecule has 4 atom stereocenters. The maximum Gasteiger partial charge on any atom is 0.164 e. The van der Waals surface area contributed by atoms with Crippen LogP contribution in [0.5, 0.6) is 0 Å². The molecular weight excluding hydrogens is 597 g/mol. The van der Waals surface area contributed by atoms with Crippen LogP contribution in [0.3, 0.4) is 0 Å². The first-order valence-electron chi connectivity index (χ1n) is 17.6. The highest BCUT2D eigenvalue weighted by Gasteiger charge is 2.45. The number of aromatic nitrogens is 3. The molecule has 2 fully saturated rings. The van der Waals surface area contributed by atoms with Crippen molar-refractivity contribution in [3.05, 3.63) is 139 Å². The third-order valence-electron chi connectivity index (χ3n) is 10.7. The highest BCUT2D eigenvalue weighted by Crippen LogP contribution is 2.54. The van der Waals surface area contributed by atoms with Gasteiger partial charge in [-0.2, -0.15) is 5.26 Å². The summed E-state index contributed by atoms with van der Waals surface area (Å²) in [5, 5.41) is 9.36. The van der Waals surface area contributed by atoms with Gasteiger partial charge in [-0.1, -0.05) is 123 Å². The van der Waals surface area contributed by atoms with E-state index in [-0.39, 0.29) is 5.41 Å². The van der Waals surface area contributed by atoms with Crippen molar-refractivity contribution < 1.29 is 0 Å². The molecule has 4 nitrogen and oxygen atoms in total. The van der Waals surface area contributed by atoms with E-state index in [0.29, 0.717) is 23.0 Å². The summed E-state index contributed by atoms with van der Waals surface area (Å²) in [5.74, 6) is 4.36. The van der Waals surface area contributed by atoms with Gasteiger partial charge in [0.1, 0.15) is 0 Å². The van der Waals surface area contributed by atoms with Crippen LogP contribution in [0, 0.1) is 29.1 Å². The summed E-state index contributed by atoms with van der Waals surface area (Å²) in [7, 11) is 0. The predicted octanol–water partition coefficient (Wildman–Crippen LogP) is 11.2. The number of hydrogen-bond acceptors (Lipinski definition) is 4. The Morgan fingerprint density at radius 2 is 1.02 bits per heavy atom. The van der Waals surface area contributed by atoms with Gasteiger partial charge in [-0.05, 0) is 101 Å². The zero-order valence-electron chi connectivity index (χ0n) is 28.2. The predicted molar refractivity (Wildman–Crippen MR) is 198 cm³/mol. The van der Waals surface area contributed by atoms with Gasteiger partial charge in [-0.3, -0.25) is 0 Å². The summed E-state index contributed by atoms with van der Waals surface area (Å²) >= 11 is 0. The lowest BCUT2D eigenvalue weighted by Crippen LogP contribution is -2.42. The van der Waals surface area contributed by atoms with Crippen LogP contribution < -0.4 is 0 Å². The van der Waals surface area contributed by atoms with E-state index in [9.17, 15) is 5.26 Å². The van der Waals surface area contributed by atoms with E-state index in [2.05, 4.69) is 98.8 Å². The molecular formula is C45H40N4. The average Bonchev–Trinajstić information content (AvgIpc) is 3.14. The van der Waals surface area contributed by atoms with Crippen molar-refractivity contribution in [3.8, 4) is 62.5 Å². The minimum Gasteiger partial charge on any atom is -0.208 e. The molecule has 2 aliphatic carbocycles. The first-order valence-corrected chi connectivity index (χ1v) is 17.6. The Morgan fingerprint density at radius 1 is 0.531 bits per heavy atom. The van der Waals surface area contributed by atoms with E-state index in [0.717, 1.165) is 56.7 Å². The van der Waals surface area contributed by atoms with E-state index >= 15 is 0 Å². The van der Waals surface area contributed by atoms with Crippen LogP contribution in [0.1, 0.15) is 57.1 Å². The molecule has 0 spiro atoms. The molecule has 6 aromatic rings. The van der Waals surface area contributed by atoms with E-state index in [1.54, 1.807) is 0 Å². The molecule has 0 saturated heterocycles. The maximum absolute atomic E-state index is 9.36. The molecule has 8 rings (SSSR count). The van der Waals surface area contributed by atoms with Crippen molar-refractivity contribution in [2.45, 2.75) is 51.4 Å². The van der Waals surface area contributed by atoms with Gasteiger partial charge < -0.3 is 0 Å². The zero-order chi connectivity index (χ0) is 33.4. The SMILES string of the molecule is C[C@@H]1C[C@@H]2C[C@H](C)CC(c3ccc(-c4nc(-c5ccccc5)nc(-c5ccc(-c6ccc(C#N)cc6)c(-c6ccccc6)c5)n4)cc3)(C1)C2. The lowest BCUT2D eigenvalue weighted by atomic mass is 9.54. The molecule has 240 valence electrons. The molecule has 2 saturated carbocycles. The fraction of sp³-hybridized carbons (Fsp3) is 0.244. The second-order valence-corrected chi connectivity index (χ2v) is 14.5. The van der Waals surface area contributed by atoms with Crippen LogP contribution in [-0.4, -0.2) is 15.0 Å². The highest BCUT2D eigenvalue weighted by atomic mass is 15.0. The fourth-order valence-corrected chi connectivity index (χ4v) is 8.90. The van der Waals surface area contributed by atoms with Crippen LogP contribution in [0.25, 0.3) is 56.4 Å². The lowest BCUT2D eigenvalue weighted by Gasteiger charge is -2.50. The molecule has 49 heavy (non-hydrogen) atoms. The van der Waals surface area contributed by atoms with Gasteiger partial charge >= 0.3 is 0 Å². The van der Waals surface area contributed by atoms with E-state index < -0.39 is 0 Å². The third-order valence-corrected chi connectivity index (χ3v) is 10.7. The zero-order valence-corrected chi connectivity index (χ0v) is 28.2. The van der Waals surface area contributed by atoms with Gasteiger partial charge in [0, 0.05) is 16.7 Å². The molecule has 5 aromatic carbocycles. The smallest absolute Gasteiger partial charge is 0.164 e. The van der Waals surface area contributed by atoms with Gasteiger partial charge in [0.25, 0.3) is 0 Å². The first kappa shape index (κ1) is 30.9. The summed E-state index contributed by atoms with van der Waals surface area (Å²) in [5.41, 5.74) is 9.60. The molecule has 1 heterocycles. The first-order chi connectivity index (χ1) is 24.0. The van der Waals surface area contributed by atoms with Gasteiger partial charge in [0.2, 0.25) is 0 Å². The normalized spacial score (nSPS) is 21.5. The summed E-state index contributed by atoms with van der Waals surface area (Å²) < 4.78 is 0. The Bertz CT molecular complexity index is 2110. The van der Waals surface area contributed by atoms with Gasteiger partial charge in [0.05, 0.1) is 11.6 Å². The Labute approximate surface area is 289 Å². The number of nitrogens with zero attached hydrogens (tertiary/aromatic N) is 4. The van der Waals surface area contributed by atoms with E-state index in [1.807, 2.05) is 48.5 Å². The number of hydrogen-bond donors (Lipinski definition) is 0. The number of benzene rings is 5. The van der Waals surface area contributed by atoms with Crippen molar-refractivity contribution in [1.29, 1.82) is 5.26 Å². The van der Waals surface area contributed by atoms with Crippen molar-refractivity contribution in [2.24, 2.45) is 17.8 Å². The summed E-state index contributed by atoms with van der Waals surface area (Å²) in [6.07, 6.45) is 6.63. The van der Waals surface area contributed by atoms with Crippen molar-refractivity contribution in [2.75, 3.05) is 0 Å². The molecule has 4 heteroatoms. The Balaban J connectivity index is 1.22. The monoisotopic (exact) mass is 636 g/mol. The molecule has 1 aromatic heterocycles. The number of fused-ring (bicyclic) bond motifs is 2. The molecule has 0 amide bonds. The van der Waals surface area contributed by atoms with Crippen LogP contribution in [-0.2, 0) is 5.41 Å². The molecule has 1 unspecified atom stereocenters. The molecule has 0 N–H and O–H groups in total. The second kappa shape index (κ2) is 12.9. The minimum absolute atomic E-state index is 0.280. The summed E-state index contributed by atoms with van der Waals surface area (Å²) in [4.78, 5) is 15.2. The van der Waals surface area contributed by atoms with Crippen LogP contribution in [0.4, 0.5) is 0 Å². The minimum atomic E-state index is 0.280. The summed E-state index contributed by atoms with van der Waals surface area (Å²) in [6.45, 7) is 4.89. The Kier molecular flexibility index (Phi) is 8.14. The van der Waals surface area contributed by atoms with Crippen molar-refractivity contribution >= 4 is 0 Å². The topological polar surface area (TPSA) is 62.5 Å². The van der Waals surface area contributed by atoms with E-state index in [4.69, 9.17) is 15.0 Å². The highest BCUT2D eigenvalue weighted by molar-refractivity contribution is 5.86. The Hall–Kier alpha value is -5.40. The van der Waals surface area contributed by atoms with Gasteiger partial charge in [-0.25, -0.2) is 15.0 Å².